The van der Waals surface area contributed by atoms with E-state index in [0.717, 1.165) is 36.9 Å². The highest BCUT2D eigenvalue weighted by molar-refractivity contribution is 7.15. The second-order valence-corrected chi connectivity index (χ2v) is 18.2. The topological polar surface area (TPSA) is 55.2 Å². The van der Waals surface area contributed by atoms with Gasteiger partial charge in [-0.25, -0.2) is 9.97 Å². The Morgan fingerprint density at radius 2 is 2.03 bits per heavy atom. The van der Waals surface area contributed by atoms with Crippen molar-refractivity contribution in [2.75, 3.05) is 31.1 Å². The molecule has 184 valence electrons. The van der Waals surface area contributed by atoms with E-state index in [2.05, 4.69) is 53.6 Å². The molecule has 0 bridgehead atoms. The van der Waals surface area contributed by atoms with Gasteiger partial charge in [0.25, 0.3) is 0 Å². The van der Waals surface area contributed by atoms with Crippen LogP contribution in [0.4, 0.5) is 5.69 Å². The minimum atomic E-state index is -1.12. The molecule has 2 fully saturated rings. The average Bonchev–Trinajstić information content (AvgIpc) is 3.40. The number of thiazole rings is 1. The predicted octanol–water partition coefficient (Wildman–Crippen LogP) is 5.89. The molecule has 0 amide bonds. The van der Waals surface area contributed by atoms with Gasteiger partial charge in [0, 0.05) is 62.3 Å². The van der Waals surface area contributed by atoms with E-state index >= 15 is 0 Å². The number of nitrogens with one attached hydrogen (secondary N) is 1. The fraction of sp³-hybridized carbons (Fsp3) is 0.615. The average molecular weight is 498 g/mol. The number of hydrogen-bond acceptors (Lipinski definition) is 6. The summed E-state index contributed by atoms with van der Waals surface area (Å²) in [5.41, 5.74) is 3.73. The number of aromatic nitrogens is 3. The molecule has 8 heteroatoms. The second-order valence-electron chi connectivity index (χ2n) is 11.4. The molecule has 2 aliphatic rings. The van der Waals surface area contributed by atoms with Crippen molar-refractivity contribution in [2.45, 2.75) is 77.0 Å². The third-order valence-electron chi connectivity index (χ3n) is 7.31. The first-order chi connectivity index (χ1) is 16.3. The fourth-order valence-corrected chi connectivity index (χ4v) is 7.00. The minimum Gasteiger partial charge on any atom is -0.369 e. The number of piperidine rings is 2. The molecule has 5 heterocycles. The van der Waals surface area contributed by atoms with Crippen molar-refractivity contribution in [1.29, 1.82) is 0 Å². The maximum absolute atomic E-state index is 6.15. The first-order valence-electron chi connectivity index (χ1n) is 12.8. The van der Waals surface area contributed by atoms with Gasteiger partial charge in [0.05, 0.1) is 11.1 Å². The summed E-state index contributed by atoms with van der Waals surface area (Å²) in [6.45, 7) is 14.0. The van der Waals surface area contributed by atoms with E-state index in [1.165, 1.54) is 59.7 Å². The van der Waals surface area contributed by atoms with Crippen LogP contribution in [0.1, 0.15) is 37.0 Å². The molecule has 0 aliphatic carbocycles. The van der Waals surface area contributed by atoms with Crippen molar-refractivity contribution in [2.24, 2.45) is 0 Å². The Balaban J connectivity index is 1.50. The normalized spacial score (nSPS) is 21.6. The maximum Gasteiger partial charge on any atom is 0.144 e. The molecule has 3 aromatic heterocycles. The molecule has 0 unspecified atom stereocenters. The van der Waals surface area contributed by atoms with Gasteiger partial charge in [-0.15, -0.1) is 11.3 Å². The van der Waals surface area contributed by atoms with Crippen LogP contribution >= 0.6 is 11.3 Å². The summed E-state index contributed by atoms with van der Waals surface area (Å²) in [5, 5.41) is 6.18. The molecule has 3 aromatic rings. The van der Waals surface area contributed by atoms with Crippen molar-refractivity contribution in [3.05, 3.63) is 29.5 Å². The molecular formula is C26H39N5OSSi. The van der Waals surface area contributed by atoms with Gasteiger partial charge < -0.3 is 19.5 Å². The van der Waals surface area contributed by atoms with Crippen LogP contribution < -0.4 is 10.2 Å². The lowest BCUT2D eigenvalue weighted by molar-refractivity contribution is 0.0899. The first-order valence-corrected chi connectivity index (χ1v) is 17.3. The van der Waals surface area contributed by atoms with Gasteiger partial charge in [0.15, 0.2) is 0 Å². The van der Waals surface area contributed by atoms with Gasteiger partial charge >= 0.3 is 0 Å². The smallest absolute Gasteiger partial charge is 0.144 e. The van der Waals surface area contributed by atoms with Crippen LogP contribution in [0.3, 0.4) is 0 Å². The summed E-state index contributed by atoms with van der Waals surface area (Å²) >= 11 is 1.76. The highest BCUT2D eigenvalue weighted by atomic mass is 32.1. The lowest BCUT2D eigenvalue weighted by atomic mass is 9.81. The number of ether oxygens (including phenoxy) is 1. The summed E-state index contributed by atoms with van der Waals surface area (Å²) in [6.07, 6.45) is 12.6. The van der Waals surface area contributed by atoms with Gasteiger partial charge in [0.2, 0.25) is 0 Å². The highest BCUT2D eigenvalue weighted by Gasteiger charge is 2.37. The van der Waals surface area contributed by atoms with Gasteiger partial charge in [0.1, 0.15) is 17.4 Å². The van der Waals surface area contributed by atoms with E-state index in [1.54, 1.807) is 11.3 Å². The number of hydrogen-bond donors (Lipinski definition) is 1. The summed E-state index contributed by atoms with van der Waals surface area (Å²) in [6, 6.07) is 3.39. The molecule has 6 nitrogen and oxygen atoms in total. The van der Waals surface area contributed by atoms with Crippen molar-refractivity contribution < 1.29 is 4.74 Å². The number of fused-ring (bicyclic) bond motifs is 1. The zero-order valence-electron chi connectivity index (χ0n) is 21.2. The Labute approximate surface area is 208 Å². The van der Waals surface area contributed by atoms with Gasteiger partial charge in [-0.1, -0.05) is 26.1 Å². The Morgan fingerprint density at radius 1 is 1.18 bits per heavy atom. The Hall–Kier alpha value is -1.74. The number of nitrogens with zero attached hydrogens (tertiary/aromatic N) is 4. The van der Waals surface area contributed by atoms with Gasteiger partial charge in [-0.05, 0) is 51.3 Å². The Bertz CT molecular complexity index is 1120. The summed E-state index contributed by atoms with van der Waals surface area (Å²) in [5.74, 6) is 0. The standard InChI is InChI=1S/C26H39N5OSSi/c1-20-16-28-25(33-20)21-17-31(19-32-14-15-34(2,3)4)24-23(21)22(8-12-27-24)30-13-7-10-26(18-30)9-5-6-11-29-26/h8,12,16-17,29H,5-7,9-11,13-15,18-19H2,1-4H3/t26-/m0/s1. The summed E-state index contributed by atoms with van der Waals surface area (Å²) < 4.78 is 8.34. The lowest BCUT2D eigenvalue weighted by Crippen LogP contribution is -2.59. The van der Waals surface area contributed by atoms with Crippen LogP contribution in [-0.2, 0) is 11.5 Å². The van der Waals surface area contributed by atoms with Crippen LogP contribution in [0.15, 0.2) is 24.7 Å². The lowest BCUT2D eigenvalue weighted by Gasteiger charge is -2.47. The number of rotatable bonds is 7. The van der Waals surface area contributed by atoms with Gasteiger partial charge in [-0.2, -0.15) is 0 Å². The van der Waals surface area contributed by atoms with Crippen LogP contribution in [0.2, 0.25) is 25.7 Å². The molecule has 1 atom stereocenters. The van der Waals surface area contributed by atoms with E-state index in [-0.39, 0.29) is 5.54 Å². The van der Waals surface area contributed by atoms with Crippen molar-refractivity contribution in [3.63, 3.8) is 0 Å². The first kappa shape index (κ1) is 24.0. The van der Waals surface area contributed by atoms with Crippen LogP contribution in [0.5, 0.6) is 0 Å². The van der Waals surface area contributed by atoms with E-state index in [4.69, 9.17) is 14.7 Å². The summed E-state index contributed by atoms with van der Waals surface area (Å²) in [4.78, 5) is 13.4. The zero-order chi connectivity index (χ0) is 23.8. The van der Waals surface area contributed by atoms with Crippen molar-refractivity contribution >= 4 is 36.1 Å². The molecule has 5 rings (SSSR count). The van der Waals surface area contributed by atoms with Crippen LogP contribution in [0.25, 0.3) is 21.6 Å². The quantitative estimate of drug-likeness (QED) is 0.326. The molecule has 0 saturated carbocycles. The minimum absolute atomic E-state index is 0.256. The number of aryl methyl sites for hydroxylation is 1. The molecule has 2 aliphatic heterocycles. The maximum atomic E-state index is 6.15. The Kier molecular flexibility index (Phi) is 6.85. The Morgan fingerprint density at radius 3 is 2.76 bits per heavy atom. The second kappa shape index (κ2) is 9.72. The number of pyridine rings is 1. The molecule has 0 radical (unpaired) electrons. The molecule has 34 heavy (non-hydrogen) atoms. The van der Waals surface area contributed by atoms with E-state index in [9.17, 15) is 0 Å². The highest BCUT2D eigenvalue weighted by Crippen LogP contribution is 2.40. The molecule has 0 aromatic carbocycles. The van der Waals surface area contributed by atoms with E-state index in [1.807, 2.05) is 12.4 Å². The number of anilines is 1. The van der Waals surface area contributed by atoms with Crippen LogP contribution in [0, 0.1) is 6.92 Å². The molecule has 1 N–H and O–H groups in total. The molecular weight excluding hydrogens is 458 g/mol. The summed E-state index contributed by atoms with van der Waals surface area (Å²) in [7, 11) is -1.12. The fourth-order valence-electron chi connectivity index (χ4n) is 5.46. The largest absolute Gasteiger partial charge is 0.369 e. The monoisotopic (exact) mass is 497 g/mol. The zero-order valence-corrected chi connectivity index (χ0v) is 23.0. The van der Waals surface area contributed by atoms with E-state index < -0.39 is 8.07 Å². The molecule has 2 saturated heterocycles. The van der Waals surface area contributed by atoms with Gasteiger partial charge in [-0.3, -0.25) is 0 Å². The van der Waals surface area contributed by atoms with Crippen molar-refractivity contribution in [1.82, 2.24) is 19.9 Å². The van der Waals surface area contributed by atoms with Crippen LogP contribution in [-0.4, -0.2) is 54.4 Å². The third kappa shape index (κ3) is 5.10. The predicted molar refractivity (Wildman–Crippen MR) is 146 cm³/mol. The third-order valence-corrected chi connectivity index (χ3v) is 9.96. The SMILES string of the molecule is Cc1cnc(-c2cn(COCC[Si](C)(C)C)c3nccc(N4CCC[C@@]5(CCCCN5)C4)c23)s1. The van der Waals surface area contributed by atoms with Crippen molar-refractivity contribution in [3.8, 4) is 10.6 Å². The van der Waals surface area contributed by atoms with E-state index in [0.29, 0.717) is 6.73 Å². The molecule has 1 spiro atoms.